The van der Waals surface area contributed by atoms with Crippen molar-refractivity contribution in [3.05, 3.63) is 0 Å². The predicted molar refractivity (Wildman–Crippen MR) is 47.5 cm³/mol. The Morgan fingerprint density at radius 3 is 2.62 bits per heavy atom. The summed E-state index contributed by atoms with van der Waals surface area (Å²) in [6.45, 7) is 6.49. The van der Waals surface area contributed by atoms with Gasteiger partial charge in [-0.1, -0.05) is 20.8 Å². The van der Waals surface area contributed by atoms with Gasteiger partial charge in [0.2, 0.25) is 0 Å². The van der Waals surface area contributed by atoms with Gasteiger partial charge in [0.1, 0.15) is 12.2 Å². The van der Waals surface area contributed by atoms with E-state index in [0.717, 1.165) is 13.0 Å². The van der Waals surface area contributed by atoms with Gasteiger partial charge in [-0.15, -0.1) is 0 Å². The molecule has 0 unspecified atom stereocenters. The van der Waals surface area contributed by atoms with Crippen LogP contribution in [0, 0.1) is 5.41 Å². The standard InChI is InChI=1S/C10H16O3/c1-10(2,3)9(11)8-7-6(13-8)4-5-12-7/h6-8H,4-5H2,1-3H3/t6-,7+,8+/m0/s1. The van der Waals surface area contributed by atoms with Crippen LogP contribution in [0.5, 0.6) is 0 Å². The third-order valence-electron chi connectivity index (χ3n) is 2.70. The third-order valence-corrected chi connectivity index (χ3v) is 2.70. The average Bonchev–Trinajstić information content (AvgIpc) is 2.30. The highest BCUT2D eigenvalue weighted by Crippen LogP contribution is 2.36. The Bertz CT molecular complexity index is 229. The van der Waals surface area contributed by atoms with E-state index < -0.39 is 0 Å². The van der Waals surface area contributed by atoms with Gasteiger partial charge in [-0.05, 0) is 6.42 Å². The number of ether oxygens (including phenoxy) is 2. The first-order chi connectivity index (χ1) is 6.00. The van der Waals surface area contributed by atoms with Crippen LogP contribution in [-0.4, -0.2) is 30.7 Å². The van der Waals surface area contributed by atoms with E-state index in [0.29, 0.717) is 0 Å². The average molecular weight is 184 g/mol. The van der Waals surface area contributed by atoms with Crippen molar-refractivity contribution in [1.29, 1.82) is 0 Å². The molecule has 0 aromatic heterocycles. The molecule has 0 aliphatic carbocycles. The summed E-state index contributed by atoms with van der Waals surface area (Å²) in [6.07, 6.45) is 0.883. The second-order valence-electron chi connectivity index (χ2n) is 4.83. The molecule has 3 heteroatoms. The summed E-state index contributed by atoms with van der Waals surface area (Å²) in [7, 11) is 0. The number of carbonyl (C=O) groups is 1. The van der Waals surface area contributed by atoms with Crippen LogP contribution in [0.2, 0.25) is 0 Å². The van der Waals surface area contributed by atoms with Crippen LogP contribution in [0.4, 0.5) is 0 Å². The van der Waals surface area contributed by atoms with E-state index in [4.69, 9.17) is 9.47 Å². The molecule has 3 nitrogen and oxygen atoms in total. The van der Waals surface area contributed by atoms with Gasteiger partial charge in [-0.25, -0.2) is 0 Å². The van der Waals surface area contributed by atoms with Crippen LogP contribution in [0.15, 0.2) is 0 Å². The number of hydrogen-bond acceptors (Lipinski definition) is 3. The molecule has 0 amide bonds. The molecular formula is C10H16O3. The Kier molecular flexibility index (Phi) is 1.96. The maximum Gasteiger partial charge on any atom is 0.169 e. The van der Waals surface area contributed by atoms with Crippen molar-refractivity contribution in [3.63, 3.8) is 0 Å². The molecule has 3 atom stereocenters. The molecule has 0 aromatic rings. The number of rotatable bonds is 1. The first-order valence-electron chi connectivity index (χ1n) is 4.81. The van der Waals surface area contributed by atoms with Crippen LogP contribution < -0.4 is 0 Å². The van der Waals surface area contributed by atoms with Crippen molar-refractivity contribution in [3.8, 4) is 0 Å². The third kappa shape index (κ3) is 1.40. The van der Waals surface area contributed by atoms with Gasteiger partial charge in [-0.2, -0.15) is 0 Å². The molecule has 0 radical (unpaired) electrons. The molecule has 0 aromatic carbocycles. The van der Waals surface area contributed by atoms with Gasteiger partial charge in [0.05, 0.1) is 6.10 Å². The zero-order chi connectivity index (χ0) is 9.64. The zero-order valence-corrected chi connectivity index (χ0v) is 8.37. The van der Waals surface area contributed by atoms with Crippen LogP contribution in [0.3, 0.4) is 0 Å². The molecule has 0 spiro atoms. The van der Waals surface area contributed by atoms with Crippen molar-refractivity contribution < 1.29 is 14.3 Å². The Morgan fingerprint density at radius 2 is 2.08 bits per heavy atom. The van der Waals surface area contributed by atoms with Gasteiger partial charge in [0, 0.05) is 12.0 Å². The van der Waals surface area contributed by atoms with Crippen molar-refractivity contribution in [2.45, 2.75) is 45.5 Å². The molecule has 0 bridgehead atoms. The zero-order valence-electron chi connectivity index (χ0n) is 8.37. The number of carbonyl (C=O) groups excluding carboxylic acids is 1. The molecule has 2 rings (SSSR count). The summed E-state index contributed by atoms with van der Waals surface area (Å²) in [5, 5.41) is 0. The van der Waals surface area contributed by atoms with Crippen molar-refractivity contribution >= 4 is 5.78 Å². The summed E-state index contributed by atoms with van der Waals surface area (Å²) >= 11 is 0. The monoisotopic (exact) mass is 184 g/mol. The van der Waals surface area contributed by atoms with Crippen molar-refractivity contribution in [2.24, 2.45) is 5.41 Å². The number of hydrogen-bond donors (Lipinski definition) is 0. The smallest absolute Gasteiger partial charge is 0.169 e. The Hall–Kier alpha value is -0.410. The molecule has 2 aliphatic rings. The molecule has 13 heavy (non-hydrogen) atoms. The van der Waals surface area contributed by atoms with Gasteiger partial charge in [0.15, 0.2) is 5.78 Å². The van der Waals surface area contributed by atoms with Gasteiger partial charge in [-0.3, -0.25) is 4.79 Å². The minimum Gasteiger partial charge on any atom is -0.372 e. The molecule has 2 fully saturated rings. The SMILES string of the molecule is CC(C)(C)C(=O)[C@@H]1O[C@H]2CCO[C@H]21. The minimum atomic E-state index is -0.318. The maximum atomic E-state index is 11.8. The quantitative estimate of drug-likeness (QED) is 0.613. The Balaban J connectivity index is 2.00. The summed E-state index contributed by atoms with van der Waals surface area (Å²) < 4.78 is 10.9. The molecule has 0 N–H and O–H groups in total. The fourth-order valence-electron chi connectivity index (χ4n) is 1.83. The fraction of sp³-hybridized carbons (Fsp3) is 0.900. The Morgan fingerprint density at radius 1 is 1.38 bits per heavy atom. The van der Waals surface area contributed by atoms with Crippen molar-refractivity contribution in [2.75, 3.05) is 6.61 Å². The Labute approximate surface area is 78.4 Å². The van der Waals surface area contributed by atoms with Crippen LogP contribution >= 0.6 is 0 Å². The lowest BCUT2D eigenvalue weighted by molar-refractivity contribution is -0.205. The largest absolute Gasteiger partial charge is 0.372 e. The van der Waals surface area contributed by atoms with Gasteiger partial charge < -0.3 is 9.47 Å². The van der Waals surface area contributed by atoms with Gasteiger partial charge in [0.25, 0.3) is 0 Å². The highest BCUT2D eigenvalue weighted by atomic mass is 16.6. The summed E-state index contributed by atoms with van der Waals surface area (Å²) in [5.74, 6) is 0.163. The van der Waals surface area contributed by atoms with E-state index in [1.54, 1.807) is 0 Å². The summed E-state index contributed by atoms with van der Waals surface area (Å²) in [5.41, 5.74) is -0.318. The first-order valence-corrected chi connectivity index (χ1v) is 4.81. The molecule has 2 saturated heterocycles. The molecule has 2 aliphatic heterocycles. The second-order valence-corrected chi connectivity index (χ2v) is 4.83. The fourth-order valence-corrected chi connectivity index (χ4v) is 1.83. The van der Waals surface area contributed by atoms with Crippen LogP contribution in [-0.2, 0) is 14.3 Å². The molecule has 2 heterocycles. The number of ketones is 1. The number of fused-ring (bicyclic) bond motifs is 1. The second kappa shape index (κ2) is 2.79. The normalized spacial score (nSPS) is 38.2. The van der Waals surface area contributed by atoms with Gasteiger partial charge >= 0.3 is 0 Å². The maximum absolute atomic E-state index is 11.8. The molecule has 74 valence electrons. The van der Waals surface area contributed by atoms with Crippen molar-refractivity contribution in [1.82, 2.24) is 0 Å². The van der Waals surface area contributed by atoms with E-state index in [2.05, 4.69) is 0 Å². The lowest BCUT2D eigenvalue weighted by Crippen LogP contribution is -2.57. The summed E-state index contributed by atoms with van der Waals surface area (Å²) in [6, 6.07) is 0. The highest BCUT2D eigenvalue weighted by Gasteiger charge is 2.52. The predicted octanol–water partition coefficient (Wildman–Crippen LogP) is 1.16. The lowest BCUT2D eigenvalue weighted by atomic mass is 9.82. The highest BCUT2D eigenvalue weighted by molar-refractivity contribution is 5.89. The first kappa shape index (κ1) is 9.16. The van der Waals surface area contributed by atoms with E-state index >= 15 is 0 Å². The van der Waals surface area contributed by atoms with Crippen LogP contribution in [0.1, 0.15) is 27.2 Å². The van der Waals surface area contributed by atoms with E-state index in [1.165, 1.54) is 0 Å². The van der Waals surface area contributed by atoms with E-state index in [-0.39, 0.29) is 29.5 Å². The minimum absolute atomic E-state index is 0.0479. The topological polar surface area (TPSA) is 35.5 Å². The number of Topliss-reactive ketones (excluding diaryl/α,β-unsaturated/α-hetero) is 1. The summed E-state index contributed by atoms with van der Waals surface area (Å²) in [4.78, 5) is 11.8. The lowest BCUT2D eigenvalue weighted by Gasteiger charge is -2.40. The van der Waals surface area contributed by atoms with E-state index in [1.807, 2.05) is 20.8 Å². The van der Waals surface area contributed by atoms with E-state index in [9.17, 15) is 4.79 Å². The van der Waals surface area contributed by atoms with Crippen LogP contribution in [0.25, 0.3) is 0 Å². The molecule has 0 saturated carbocycles. The molecular weight excluding hydrogens is 168 g/mol.